The predicted octanol–water partition coefficient (Wildman–Crippen LogP) is -3.38. The quantitative estimate of drug-likeness (QED) is 0.307. The smallest absolute Gasteiger partial charge is 2.00 e. The maximum absolute atomic E-state index is 9.20. The summed E-state index contributed by atoms with van der Waals surface area (Å²) in [6.45, 7) is -0.470. The number of rotatable bonds is 1. The van der Waals surface area contributed by atoms with Gasteiger partial charge in [0.15, 0.2) is 6.29 Å². The van der Waals surface area contributed by atoms with Gasteiger partial charge >= 0.3 is 17.1 Å². The molecule has 0 aromatic carbocycles. The van der Waals surface area contributed by atoms with Crippen molar-refractivity contribution in [1.82, 2.24) is 0 Å². The molecule has 1 heterocycles. The van der Waals surface area contributed by atoms with Crippen LogP contribution in [0.3, 0.4) is 0 Å². The Morgan fingerprint density at radius 2 is 1.64 bits per heavy atom. The second-order valence-corrected chi connectivity index (χ2v) is 2.81. The second kappa shape index (κ2) is 6.67. The first kappa shape index (κ1) is 16.7. The summed E-state index contributed by atoms with van der Waals surface area (Å²) < 4.78 is 4.70. The van der Waals surface area contributed by atoms with Crippen molar-refractivity contribution in [2.24, 2.45) is 5.73 Å². The average molecular weight is 251 g/mol. The summed E-state index contributed by atoms with van der Waals surface area (Å²) in [5.74, 6) is 0. The summed E-state index contributed by atoms with van der Waals surface area (Å²) in [5, 5.41) is 36.1. The van der Waals surface area contributed by atoms with Crippen molar-refractivity contribution in [1.29, 1.82) is 0 Å². The molecular weight excluding hydrogens is 238 g/mol. The number of aliphatic hydroxyl groups excluding tert-OH is 4. The van der Waals surface area contributed by atoms with Crippen molar-refractivity contribution >= 4 is 0 Å². The van der Waals surface area contributed by atoms with Gasteiger partial charge in [-0.3, -0.25) is 0 Å². The number of hydrogen-bond donors (Lipinski definition) is 5. The molecule has 0 aromatic heterocycles. The minimum absolute atomic E-state index is 0. The average Bonchev–Trinajstić information content (AvgIpc) is 2.08. The van der Waals surface area contributed by atoms with Gasteiger partial charge in [0.25, 0.3) is 0 Å². The van der Waals surface area contributed by atoms with Crippen LogP contribution in [0.25, 0.3) is 0 Å². The van der Waals surface area contributed by atoms with Crippen LogP contribution in [0.4, 0.5) is 0 Å². The Bertz CT molecular complexity index is 157. The van der Waals surface area contributed by atoms with Gasteiger partial charge in [0.2, 0.25) is 0 Å². The maximum Gasteiger partial charge on any atom is 2.00 e. The molecule has 0 bridgehead atoms. The maximum atomic E-state index is 9.20. The molecule has 1 saturated heterocycles. The third kappa shape index (κ3) is 3.13. The van der Waals surface area contributed by atoms with E-state index in [-0.39, 0.29) is 22.5 Å². The van der Waals surface area contributed by atoms with Gasteiger partial charge in [0.05, 0.1) is 12.6 Å². The van der Waals surface area contributed by atoms with E-state index in [1.54, 1.807) is 0 Å². The molecule has 8 heteroatoms. The molecule has 1 aliphatic heterocycles. The van der Waals surface area contributed by atoms with Gasteiger partial charge in [-0.25, -0.2) is 0 Å². The molecule has 1 fully saturated rings. The van der Waals surface area contributed by atoms with Crippen molar-refractivity contribution in [3.63, 3.8) is 0 Å². The molecule has 1 rings (SSSR count). The molecular formula is C6H13FeNO6. The number of aliphatic hydroxyl groups is 4. The molecule has 0 spiro atoms. The molecule has 86 valence electrons. The Labute approximate surface area is 91.3 Å². The molecule has 0 aromatic rings. The van der Waals surface area contributed by atoms with Crippen LogP contribution >= 0.6 is 0 Å². The Hall–Kier alpha value is 0.239. The molecule has 7 nitrogen and oxygen atoms in total. The summed E-state index contributed by atoms with van der Waals surface area (Å²) >= 11 is 0. The molecule has 0 saturated carbocycles. The number of ether oxygens (including phenoxy) is 1. The van der Waals surface area contributed by atoms with E-state index in [1.807, 2.05) is 0 Å². The Morgan fingerprint density at radius 3 is 2.07 bits per heavy atom. The fourth-order valence-electron chi connectivity index (χ4n) is 1.12. The van der Waals surface area contributed by atoms with E-state index in [0.717, 1.165) is 0 Å². The standard InChI is InChI=1S/C6H13NO5.Fe.O/c7-3-5(10)4(9)2(1-8)12-6(3)11;;/h2-6,8-11H,1,7H2;;/q;+2;-2/t2-,3-,4-,5-,6?;;/m1../s1. The first-order chi connectivity index (χ1) is 5.57. The van der Waals surface area contributed by atoms with Crippen molar-refractivity contribution in [3.05, 3.63) is 0 Å². The molecule has 0 radical (unpaired) electrons. The van der Waals surface area contributed by atoms with Gasteiger partial charge in [-0.05, 0) is 0 Å². The van der Waals surface area contributed by atoms with Crippen molar-refractivity contribution < 1.29 is 47.7 Å². The third-order valence-corrected chi connectivity index (χ3v) is 1.95. The summed E-state index contributed by atoms with van der Waals surface area (Å²) in [6, 6.07) is -1.04. The van der Waals surface area contributed by atoms with Crippen LogP contribution < -0.4 is 5.73 Å². The first-order valence-corrected chi connectivity index (χ1v) is 3.64. The largest absolute Gasteiger partial charge is 2.00 e. The van der Waals surface area contributed by atoms with Crippen molar-refractivity contribution in [2.45, 2.75) is 30.6 Å². The van der Waals surface area contributed by atoms with E-state index in [4.69, 9.17) is 20.7 Å². The van der Waals surface area contributed by atoms with Crippen LogP contribution in [0.1, 0.15) is 0 Å². The minimum atomic E-state index is -1.35. The summed E-state index contributed by atoms with van der Waals surface area (Å²) in [4.78, 5) is 0. The normalized spacial score (nSPS) is 42.2. The topological polar surface area (TPSA) is 145 Å². The fraction of sp³-hybridized carbons (Fsp3) is 1.00. The molecule has 6 N–H and O–H groups in total. The molecule has 14 heavy (non-hydrogen) atoms. The molecule has 0 amide bonds. The summed E-state index contributed by atoms with van der Waals surface area (Å²) in [7, 11) is 0. The Kier molecular flexibility index (Phi) is 7.94. The first-order valence-electron chi connectivity index (χ1n) is 3.64. The van der Waals surface area contributed by atoms with E-state index in [9.17, 15) is 10.2 Å². The summed E-state index contributed by atoms with van der Waals surface area (Å²) in [5.41, 5.74) is 5.26. The van der Waals surface area contributed by atoms with E-state index < -0.39 is 37.3 Å². The van der Waals surface area contributed by atoms with Crippen molar-refractivity contribution in [2.75, 3.05) is 6.61 Å². The van der Waals surface area contributed by atoms with E-state index in [1.165, 1.54) is 0 Å². The van der Waals surface area contributed by atoms with Gasteiger partial charge in [-0.1, -0.05) is 0 Å². The van der Waals surface area contributed by atoms with Crippen LogP contribution in [-0.2, 0) is 27.3 Å². The Morgan fingerprint density at radius 1 is 1.14 bits per heavy atom. The van der Waals surface area contributed by atoms with Gasteiger partial charge in [0, 0.05) is 0 Å². The fourth-order valence-corrected chi connectivity index (χ4v) is 1.12. The van der Waals surface area contributed by atoms with Crippen LogP contribution in [0, 0.1) is 0 Å². The van der Waals surface area contributed by atoms with E-state index in [2.05, 4.69) is 0 Å². The number of nitrogens with two attached hydrogens (primary N) is 1. The third-order valence-electron chi connectivity index (χ3n) is 1.95. The van der Waals surface area contributed by atoms with Crippen LogP contribution in [0.5, 0.6) is 0 Å². The zero-order chi connectivity index (χ0) is 9.30. The van der Waals surface area contributed by atoms with Gasteiger partial charge < -0.3 is 36.4 Å². The zero-order valence-corrected chi connectivity index (χ0v) is 8.23. The SMILES string of the molecule is N[C@H]1C(O)O[C@H](CO)[C@@H](O)[C@@H]1O.[Fe+2].[O-2]. The van der Waals surface area contributed by atoms with Gasteiger partial charge in [-0.15, -0.1) is 0 Å². The van der Waals surface area contributed by atoms with E-state index in [0.29, 0.717) is 0 Å². The second-order valence-electron chi connectivity index (χ2n) is 2.81. The van der Waals surface area contributed by atoms with E-state index >= 15 is 0 Å². The van der Waals surface area contributed by atoms with Gasteiger partial charge in [0.1, 0.15) is 18.3 Å². The van der Waals surface area contributed by atoms with Crippen molar-refractivity contribution in [3.8, 4) is 0 Å². The van der Waals surface area contributed by atoms with Crippen LogP contribution in [0.15, 0.2) is 0 Å². The van der Waals surface area contributed by atoms with Gasteiger partial charge in [-0.2, -0.15) is 0 Å². The van der Waals surface area contributed by atoms with Crippen LogP contribution in [0.2, 0.25) is 0 Å². The summed E-state index contributed by atoms with van der Waals surface area (Å²) in [6.07, 6.45) is -4.85. The predicted molar refractivity (Wildman–Crippen MR) is 38.6 cm³/mol. The van der Waals surface area contributed by atoms with Crippen LogP contribution in [-0.4, -0.2) is 57.7 Å². The number of hydrogen-bond acceptors (Lipinski definition) is 6. The molecule has 1 aliphatic rings. The zero-order valence-electron chi connectivity index (χ0n) is 7.13. The minimum Gasteiger partial charge on any atom is -2.00 e. The molecule has 1 unspecified atom stereocenters. The molecule has 0 aliphatic carbocycles. The monoisotopic (exact) mass is 251 g/mol. The Balaban J connectivity index is 0. The molecule has 5 atom stereocenters.